The number of fused-ring (bicyclic) bond motifs is 1. The van der Waals surface area contributed by atoms with Crippen LogP contribution >= 0.6 is 0 Å². The van der Waals surface area contributed by atoms with Gasteiger partial charge in [0.05, 0.1) is 11.2 Å². The van der Waals surface area contributed by atoms with Crippen LogP contribution < -0.4 is 5.32 Å². The lowest BCUT2D eigenvalue weighted by Gasteiger charge is -2.00. The Kier molecular flexibility index (Phi) is 3.96. The summed E-state index contributed by atoms with van der Waals surface area (Å²) in [5.74, 6) is 1.35. The number of hydrogen-bond acceptors (Lipinski definition) is 5. The van der Waals surface area contributed by atoms with Gasteiger partial charge in [0.15, 0.2) is 5.82 Å². The average Bonchev–Trinajstić information content (AvgIpc) is 3.07. The van der Waals surface area contributed by atoms with Gasteiger partial charge in [0.25, 0.3) is 0 Å². The van der Waals surface area contributed by atoms with Crippen LogP contribution in [0.4, 0.5) is 0 Å². The Morgan fingerprint density at radius 1 is 1.29 bits per heavy atom. The van der Waals surface area contributed by atoms with Crippen LogP contribution in [0.1, 0.15) is 24.3 Å². The zero-order valence-electron chi connectivity index (χ0n) is 12.3. The molecule has 3 rings (SSSR count). The number of para-hydroxylation sites is 1. The van der Waals surface area contributed by atoms with E-state index in [9.17, 15) is 0 Å². The van der Waals surface area contributed by atoms with Crippen molar-refractivity contribution in [3.05, 3.63) is 41.7 Å². The van der Waals surface area contributed by atoms with Crippen LogP contribution in [0.15, 0.2) is 28.8 Å². The van der Waals surface area contributed by atoms with Crippen LogP contribution in [0.3, 0.4) is 0 Å². The molecule has 0 radical (unpaired) electrons. The van der Waals surface area contributed by atoms with E-state index < -0.39 is 0 Å². The van der Waals surface area contributed by atoms with Gasteiger partial charge in [-0.15, -0.1) is 0 Å². The summed E-state index contributed by atoms with van der Waals surface area (Å²) < 4.78 is 6.99. The third-order valence-corrected chi connectivity index (χ3v) is 3.42. The molecular formula is C15H19N5O. The highest BCUT2D eigenvalue weighted by atomic mass is 16.5. The van der Waals surface area contributed by atoms with Gasteiger partial charge in [-0.05, 0) is 13.0 Å². The topological polar surface area (TPSA) is 68.8 Å². The molecule has 0 spiro atoms. The number of nitrogens with one attached hydrogen (secondary N) is 1. The molecule has 0 amide bonds. The van der Waals surface area contributed by atoms with E-state index in [4.69, 9.17) is 4.52 Å². The molecule has 110 valence electrons. The molecule has 0 aliphatic carbocycles. The van der Waals surface area contributed by atoms with Crippen molar-refractivity contribution in [1.82, 2.24) is 25.2 Å². The molecule has 0 saturated carbocycles. The number of hydrogen-bond donors (Lipinski definition) is 1. The van der Waals surface area contributed by atoms with E-state index in [0.717, 1.165) is 37.6 Å². The minimum atomic E-state index is 0.609. The average molecular weight is 285 g/mol. The fraction of sp³-hybridized carbons (Fsp3) is 0.400. The van der Waals surface area contributed by atoms with E-state index >= 15 is 0 Å². The van der Waals surface area contributed by atoms with E-state index in [1.807, 2.05) is 10.7 Å². The van der Waals surface area contributed by atoms with Crippen molar-refractivity contribution in [1.29, 1.82) is 0 Å². The van der Waals surface area contributed by atoms with Crippen molar-refractivity contribution < 1.29 is 4.52 Å². The maximum absolute atomic E-state index is 4.95. The van der Waals surface area contributed by atoms with Crippen molar-refractivity contribution >= 4 is 10.9 Å². The molecular weight excluding hydrogens is 266 g/mol. The molecule has 2 aromatic heterocycles. The first-order valence-corrected chi connectivity index (χ1v) is 7.22. The highest BCUT2D eigenvalue weighted by molar-refractivity contribution is 5.81. The summed E-state index contributed by atoms with van der Waals surface area (Å²) in [6.07, 6.45) is 0.754. The molecule has 0 unspecified atom stereocenters. The van der Waals surface area contributed by atoms with Crippen molar-refractivity contribution in [2.24, 2.45) is 0 Å². The Labute approximate surface area is 123 Å². The first-order valence-electron chi connectivity index (χ1n) is 7.22. The van der Waals surface area contributed by atoms with Gasteiger partial charge in [-0.3, -0.25) is 4.68 Å². The molecule has 0 atom stereocenters. The molecule has 0 saturated heterocycles. The summed E-state index contributed by atoms with van der Waals surface area (Å²) in [5, 5.41) is 13.1. The minimum absolute atomic E-state index is 0.609. The van der Waals surface area contributed by atoms with Gasteiger partial charge < -0.3 is 9.84 Å². The first-order chi connectivity index (χ1) is 10.3. The Morgan fingerprint density at radius 3 is 2.90 bits per heavy atom. The van der Waals surface area contributed by atoms with Gasteiger partial charge in [0, 0.05) is 38.4 Å². The van der Waals surface area contributed by atoms with Gasteiger partial charge in [-0.2, -0.15) is 10.1 Å². The molecule has 3 aromatic rings. The molecule has 1 N–H and O–H groups in total. The SMILES string of the molecule is CCn1nc(CNCCc2noc(C)n2)c2ccccc21. The minimum Gasteiger partial charge on any atom is -0.340 e. The van der Waals surface area contributed by atoms with E-state index in [2.05, 4.69) is 45.7 Å². The normalized spacial score (nSPS) is 11.3. The first kappa shape index (κ1) is 13.8. The third kappa shape index (κ3) is 2.95. The predicted molar refractivity (Wildman–Crippen MR) is 79.9 cm³/mol. The van der Waals surface area contributed by atoms with Gasteiger partial charge in [-0.1, -0.05) is 23.4 Å². The van der Waals surface area contributed by atoms with Crippen LogP contribution in [0.5, 0.6) is 0 Å². The maximum atomic E-state index is 4.95. The second kappa shape index (κ2) is 6.05. The molecule has 0 aliphatic rings. The lowest BCUT2D eigenvalue weighted by atomic mass is 10.2. The van der Waals surface area contributed by atoms with Crippen LogP contribution in [0, 0.1) is 6.92 Å². The zero-order valence-corrected chi connectivity index (χ0v) is 12.3. The Balaban J connectivity index is 1.63. The summed E-state index contributed by atoms with van der Waals surface area (Å²) in [6.45, 7) is 6.32. The van der Waals surface area contributed by atoms with E-state index in [0.29, 0.717) is 5.89 Å². The smallest absolute Gasteiger partial charge is 0.223 e. The molecule has 0 fully saturated rings. The summed E-state index contributed by atoms with van der Waals surface area (Å²) in [5.41, 5.74) is 2.27. The lowest BCUT2D eigenvalue weighted by molar-refractivity contribution is 0.387. The number of aromatic nitrogens is 4. The summed E-state index contributed by atoms with van der Waals surface area (Å²) in [7, 11) is 0. The number of benzene rings is 1. The Hall–Kier alpha value is -2.21. The molecule has 1 aromatic carbocycles. The molecule has 6 heteroatoms. The van der Waals surface area contributed by atoms with E-state index in [-0.39, 0.29) is 0 Å². The standard InChI is InChI=1S/C15H19N5O/c1-3-20-14-7-5-4-6-12(14)13(18-20)10-16-9-8-15-17-11(2)21-19-15/h4-7,16H,3,8-10H2,1-2H3. The van der Waals surface area contributed by atoms with Crippen LogP contribution in [-0.2, 0) is 19.5 Å². The summed E-state index contributed by atoms with van der Waals surface area (Å²) in [4.78, 5) is 4.19. The fourth-order valence-electron chi connectivity index (χ4n) is 2.42. The Morgan fingerprint density at radius 2 is 2.14 bits per heavy atom. The predicted octanol–water partition coefficient (Wildman–Crippen LogP) is 2.08. The van der Waals surface area contributed by atoms with Gasteiger partial charge in [-0.25, -0.2) is 0 Å². The third-order valence-electron chi connectivity index (χ3n) is 3.42. The largest absolute Gasteiger partial charge is 0.340 e. The monoisotopic (exact) mass is 285 g/mol. The summed E-state index contributed by atoms with van der Waals surface area (Å²) in [6, 6.07) is 8.33. The molecule has 21 heavy (non-hydrogen) atoms. The van der Waals surface area contributed by atoms with Crippen LogP contribution in [-0.4, -0.2) is 26.5 Å². The summed E-state index contributed by atoms with van der Waals surface area (Å²) >= 11 is 0. The molecule has 2 heterocycles. The molecule has 0 aliphatic heterocycles. The zero-order chi connectivity index (χ0) is 14.7. The molecule has 0 bridgehead atoms. The quantitative estimate of drug-likeness (QED) is 0.702. The van der Waals surface area contributed by atoms with Crippen LogP contribution in [0.25, 0.3) is 10.9 Å². The number of aryl methyl sites for hydroxylation is 2. The van der Waals surface area contributed by atoms with E-state index in [1.54, 1.807) is 6.92 Å². The van der Waals surface area contributed by atoms with Crippen molar-refractivity contribution in [3.63, 3.8) is 0 Å². The highest BCUT2D eigenvalue weighted by Gasteiger charge is 2.08. The second-order valence-corrected chi connectivity index (χ2v) is 4.94. The lowest BCUT2D eigenvalue weighted by Crippen LogP contribution is -2.17. The number of rotatable bonds is 6. The van der Waals surface area contributed by atoms with Crippen molar-refractivity contribution in [2.45, 2.75) is 33.4 Å². The van der Waals surface area contributed by atoms with Crippen molar-refractivity contribution in [3.8, 4) is 0 Å². The number of nitrogens with zero attached hydrogens (tertiary/aromatic N) is 4. The van der Waals surface area contributed by atoms with Gasteiger partial charge in [0.2, 0.25) is 5.89 Å². The second-order valence-electron chi connectivity index (χ2n) is 4.94. The van der Waals surface area contributed by atoms with E-state index in [1.165, 1.54) is 10.9 Å². The highest BCUT2D eigenvalue weighted by Crippen LogP contribution is 2.18. The molecule has 6 nitrogen and oxygen atoms in total. The van der Waals surface area contributed by atoms with Gasteiger partial charge in [0.1, 0.15) is 0 Å². The fourth-order valence-corrected chi connectivity index (χ4v) is 2.42. The van der Waals surface area contributed by atoms with Crippen molar-refractivity contribution in [2.75, 3.05) is 6.54 Å². The maximum Gasteiger partial charge on any atom is 0.223 e. The van der Waals surface area contributed by atoms with Crippen LogP contribution in [0.2, 0.25) is 0 Å². The Bertz CT molecular complexity index is 731. The van der Waals surface area contributed by atoms with Gasteiger partial charge >= 0.3 is 0 Å².